The summed E-state index contributed by atoms with van der Waals surface area (Å²) in [4.78, 5) is 0. The predicted molar refractivity (Wildman–Crippen MR) is 58.8 cm³/mol. The zero-order valence-electron chi connectivity index (χ0n) is 9.64. The molecule has 0 spiro atoms. The van der Waals surface area contributed by atoms with Gasteiger partial charge in [0.25, 0.3) is 0 Å². The lowest BCUT2D eigenvalue weighted by Crippen LogP contribution is -2.36. The van der Waals surface area contributed by atoms with Gasteiger partial charge in [0.1, 0.15) is 0 Å². The molecule has 1 N–H and O–H groups in total. The van der Waals surface area contributed by atoms with Crippen LogP contribution in [0, 0.1) is 23.7 Å². The van der Waals surface area contributed by atoms with Crippen molar-refractivity contribution in [2.24, 2.45) is 23.7 Å². The molecular weight excluding hydrogens is 158 g/mol. The Morgan fingerprint density at radius 2 is 1.85 bits per heavy atom. The average molecular weight is 183 g/mol. The van der Waals surface area contributed by atoms with E-state index in [0.717, 1.165) is 23.7 Å². The number of nitrogens with one attached hydrogen (secondary N) is 1. The first-order valence-corrected chi connectivity index (χ1v) is 5.83. The zero-order valence-corrected chi connectivity index (χ0v) is 9.64. The molecule has 1 nitrogen and oxygen atoms in total. The molecule has 0 aliphatic carbocycles. The standard InChI is InChI=1S/C12H25N/c1-9(2)10(3)11(4)12-6-5-7-13-8-12/h9-13H,5-8H2,1-4H3. The van der Waals surface area contributed by atoms with Gasteiger partial charge < -0.3 is 5.32 Å². The second-order valence-corrected chi connectivity index (χ2v) is 5.07. The van der Waals surface area contributed by atoms with Gasteiger partial charge >= 0.3 is 0 Å². The summed E-state index contributed by atoms with van der Waals surface area (Å²) in [6, 6.07) is 0. The van der Waals surface area contributed by atoms with Gasteiger partial charge in [-0.25, -0.2) is 0 Å². The molecule has 0 aromatic rings. The number of rotatable bonds is 3. The molecule has 13 heavy (non-hydrogen) atoms. The summed E-state index contributed by atoms with van der Waals surface area (Å²) < 4.78 is 0. The summed E-state index contributed by atoms with van der Waals surface area (Å²) in [5.74, 6) is 3.50. The third-order valence-corrected chi connectivity index (χ3v) is 3.96. The van der Waals surface area contributed by atoms with Crippen molar-refractivity contribution in [1.82, 2.24) is 5.32 Å². The summed E-state index contributed by atoms with van der Waals surface area (Å²) in [6.45, 7) is 12.0. The summed E-state index contributed by atoms with van der Waals surface area (Å²) in [7, 11) is 0. The van der Waals surface area contributed by atoms with Crippen LogP contribution in [0.2, 0.25) is 0 Å². The quantitative estimate of drug-likeness (QED) is 0.709. The van der Waals surface area contributed by atoms with E-state index in [1.54, 1.807) is 0 Å². The summed E-state index contributed by atoms with van der Waals surface area (Å²) in [5, 5.41) is 3.51. The molecule has 0 radical (unpaired) electrons. The molecule has 1 aliphatic rings. The third-order valence-electron chi connectivity index (χ3n) is 3.96. The largest absolute Gasteiger partial charge is 0.316 e. The van der Waals surface area contributed by atoms with E-state index in [4.69, 9.17) is 0 Å². The van der Waals surface area contributed by atoms with Crippen molar-refractivity contribution in [3.05, 3.63) is 0 Å². The van der Waals surface area contributed by atoms with Gasteiger partial charge in [-0.1, -0.05) is 27.7 Å². The molecule has 0 saturated carbocycles. The normalized spacial score (nSPS) is 28.8. The molecule has 1 fully saturated rings. The number of hydrogen-bond acceptors (Lipinski definition) is 1. The van der Waals surface area contributed by atoms with Crippen LogP contribution in [0.4, 0.5) is 0 Å². The highest BCUT2D eigenvalue weighted by Crippen LogP contribution is 2.30. The molecule has 1 saturated heterocycles. The molecule has 1 heteroatoms. The van der Waals surface area contributed by atoms with Crippen molar-refractivity contribution in [3.63, 3.8) is 0 Å². The Kier molecular flexibility index (Phi) is 4.24. The second-order valence-electron chi connectivity index (χ2n) is 5.07. The highest BCUT2D eigenvalue weighted by molar-refractivity contribution is 4.78. The predicted octanol–water partition coefficient (Wildman–Crippen LogP) is 2.91. The van der Waals surface area contributed by atoms with Gasteiger partial charge in [0.2, 0.25) is 0 Å². The maximum absolute atomic E-state index is 3.51. The molecule has 0 bridgehead atoms. The minimum Gasteiger partial charge on any atom is -0.316 e. The lowest BCUT2D eigenvalue weighted by atomic mass is 9.76. The third kappa shape index (κ3) is 2.98. The molecule has 78 valence electrons. The minimum absolute atomic E-state index is 0.830. The summed E-state index contributed by atoms with van der Waals surface area (Å²) in [6.07, 6.45) is 2.81. The van der Waals surface area contributed by atoms with Gasteiger partial charge in [0.15, 0.2) is 0 Å². The van der Waals surface area contributed by atoms with Crippen LogP contribution in [0.5, 0.6) is 0 Å². The Labute approximate surface area is 83.3 Å². The molecule has 0 aromatic carbocycles. The van der Waals surface area contributed by atoms with Crippen LogP contribution in [-0.4, -0.2) is 13.1 Å². The Morgan fingerprint density at radius 1 is 1.15 bits per heavy atom. The first-order valence-electron chi connectivity index (χ1n) is 5.83. The minimum atomic E-state index is 0.830. The SMILES string of the molecule is CC(C)C(C)C(C)C1CCCNC1. The summed E-state index contributed by atoms with van der Waals surface area (Å²) in [5.41, 5.74) is 0. The molecule has 3 atom stereocenters. The lowest BCUT2D eigenvalue weighted by Gasteiger charge is -2.34. The Balaban J connectivity index is 2.40. The van der Waals surface area contributed by atoms with E-state index in [2.05, 4.69) is 33.0 Å². The Morgan fingerprint density at radius 3 is 2.31 bits per heavy atom. The van der Waals surface area contributed by atoms with E-state index >= 15 is 0 Å². The first kappa shape index (κ1) is 11.0. The fourth-order valence-corrected chi connectivity index (χ4v) is 2.36. The molecule has 1 heterocycles. The summed E-state index contributed by atoms with van der Waals surface area (Å²) >= 11 is 0. The van der Waals surface area contributed by atoms with Gasteiger partial charge in [-0.3, -0.25) is 0 Å². The first-order chi connectivity index (χ1) is 6.13. The maximum Gasteiger partial charge on any atom is -0.00179 e. The van der Waals surface area contributed by atoms with Crippen LogP contribution >= 0.6 is 0 Å². The van der Waals surface area contributed by atoms with Crippen molar-refractivity contribution >= 4 is 0 Å². The molecule has 3 unspecified atom stereocenters. The molecule has 1 aliphatic heterocycles. The monoisotopic (exact) mass is 183 g/mol. The van der Waals surface area contributed by atoms with Gasteiger partial charge in [-0.15, -0.1) is 0 Å². The topological polar surface area (TPSA) is 12.0 Å². The van der Waals surface area contributed by atoms with Crippen molar-refractivity contribution in [1.29, 1.82) is 0 Å². The van der Waals surface area contributed by atoms with E-state index in [-0.39, 0.29) is 0 Å². The van der Waals surface area contributed by atoms with Crippen molar-refractivity contribution in [2.45, 2.75) is 40.5 Å². The van der Waals surface area contributed by atoms with Gasteiger partial charge in [0.05, 0.1) is 0 Å². The molecule has 0 amide bonds. The van der Waals surface area contributed by atoms with Crippen molar-refractivity contribution < 1.29 is 0 Å². The van der Waals surface area contributed by atoms with Crippen LogP contribution in [-0.2, 0) is 0 Å². The van der Waals surface area contributed by atoms with E-state index in [1.165, 1.54) is 25.9 Å². The van der Waals surface area contributed by atoms with Crippen molar-refractivity contribution in [2.75, 3.05) is 13.1 Å². The number of hydrogen-bond donors (Lipinski definition) is 1. The molecular formula is C12H25N. The fraction of sp³-hybridized carbons (Fsp3) is 1.00. The average Bonchev–Trinajstić information content (AvgIpc) is 2.17. The van der Waals surface area contributed by atoms with Gasteiger partial charge in [0, 0.05) is 0 Å². The Hall–Kier alpha value is -0.0400. The highest BCUT2D eigenvalue weighted by Gasteiger charge is 2.25. The number of piperidine rings is 1. The van der Waals surface area contributed by atoms with E-state index < -0.39 is 0 Å². The highest BCUT2D eigenvalue weighted by atomic mass is 14.9. The van der Waals surface area contributed by atoms with Crippen LogP contribution in [0.1, 0.15) is 40.5 Å². The van der Waals surface area contributed by atoms with E-state index in [1.807, 2.05) is 0 Å². The van der Waals surface area contributed by atoms with Crippen LogP contribution < -0.4 is 5.32 Å². The van der Waals surface area contributed by atoms with Crippen LogP contribution in [0.25, 0.3) is 0 Å². The van der Waals surface area contributed by atoms with Gasteiger partial charge in [-0.05, 0) is 49.6 Å². The maximum atomic E-state index is 3.51. The lowest BCUT2D eigenvalue weighted by molar-refractivity contribution is 0.181. The van der Waals surface area contributed by atoms with Crippen LogP contribution in [0.3, 0.4) is 0 Å². The smallest absolute Gasteiger partial charge is 0.00179 e. The fourth-order valence-electron chi connectivity index (χ4n) is 2.36. The molecule has 0 aromatic heterocycles. The second kappa shape index (κ2) is 4.99. The Bertz CT molecular complexity index is 136. The van der Waals surface area contributed by atoms with Crippen molar-refractivity contribution in [3.8, 4) is 0 Å². The zero-order chi connectivity index (χ0) is 9.84. The van der Waals surface area contributed by atoms with E-state index in [0.29, 0.717) is 0 Å². The molecule has 1 rings (SSSR count). The van der Waals surface area contributed by atoms with E-state index in [9.17, 15) is 0 Å². The van der Waals surface area contributed by atoms with Crippen LogP contribution in [0.15, 0.2) is 0 Å². The van der Waals surface area contributed by atoms with Gasteiger partial charge in [-0.2, -0.15) is 0 Å².